The third-order valence-electron chi connectivity index (χ3n) is 3.77. The number of nitrogens with zero attached hydrogens (tertiary/aromatic N) is 2. The highest BCUT2D eigenvalue weighted by atomic mass is 19.1. The van der Waals surface area contributed by atoms with Gasteiger partial charge in [-0.15, -0.1) is 0 Å². The van der Waals surface area contributed by atoms with Gasteiger partial charge in [0.15, 0.2) is 5.96 Å². The van der Waals surface area contributed by atoms with Crippen LogP contribution < -0.4 is 15.4 Å². The Morgan fingerprint density at radius 1 is 1.25 bits per heavy atom. The standard InChI is InChI=1S/C18H21FN4O/c1-20-18(22-11-13-2-3-13)23-12-14-8-9-21-17(10-14)24-16-6-4-15(19)5-7-16/h4-10,13H,2-3,11-12H2,1H3,(H2,20,22,23). The number of nitrogens with one attached hydrogen (secondary N) is 2. The zero-order valence-electron chi connectivity index (χ0n) is 13.6. The molecule has 126 valence electrons. The minimum atomic E-state index is -0.293. The number of halogens is 1. The summed E-state index contributed by atoms with van der Waals surface area (Å²) in [6.07, 6.45) is 4.30. The maximum Gasteiger partial charge on any atom is 0.219 e. The van der Waals surface area contributed by atoms with Crippen molar-refractivity contribution in [1.82, 2.24) is 15.6 Å². The van der Waals surface area contributed by atoms with E-state index in [0.29, 0.717) is 18.2 Å². The highest BCUT2D eigenvalue weighted by Gasteiger charge is 2.20. The zero-order valence-corrected chi connectivity index (χ0v) is 13.6. The molecule has 0 bridgehead atoms. The largest absolute Gasteiger partial charge is 0.439 e. The molecule has 1 saturated carbocycles. The Hall–Kier alpha value is -2.63. The van der Waals surface area contributed by atoms with E-state index in [1.807, 2.05) is 12.1 Å². The van der Waals surface area contributed by atoms with Gasteiger partial charge in [0.2, 0.25) is 5.88 Å². The minimum absolute atomic E-state index is 0.293. The summed E-state index contributed by atoms with van der Waals surface area (Å²) in [5, 5.41) is 6.59. The number of guanidine groups is 1. The van der Waals surface area contributed by atoms with E-state index in [-0.39, 0.29) is 5.82 Å². The molecular weight excluding hydrogens is 307 g/mol. The number of ether oxygens (including phenoxy) is 1. The third kappa shape index (κ3) is 4.94. The summed E-state index contributed by atoms with van der Waals surface area (Å²) in [5.41, 5.74) is 1.02. The fourth-order valence-corrected chi connectivity index (χ4v) is 2.21. The second-order valence-corrected chi connectivity index (χ2v) is 5.81. The number of hydrogen-bond acceptors (Lipinski definition) is 3. The van der Waals surface area contributed by atoms with Crippen LogP contribution in [0.2, 0.25) is 0 Å². The summed E-state index contributed by atoms with van der Waals surface area (Å²) in [6.45, 7) is 1.58. The molecule has 5 nitrogen and oxygen atoms in total. The van der Waals surface area contributed by atoms with Crippen molar-refractivity contribution in [1.29, 1.82) is 0 Å². The molecule has 0 saturated heterocycles. The lowest BCUT2D eigenvalue weighted by molar-refractivity contribution is 0.460. The van der Waals surface area contributed by atoms with Gasteiger partial charge in [0.25, 0.3) is 0 Å². The normalized spacial score (nSPS) is 14.3. The Morgan fingerprint density at radius 3 is 2.75 bits per heavy atom. The first-order chi connectivity index (χ1) is 11.7. The zero-order chi connectivity index (χ0) is 16.8. The molecule has 0 aliphatic heterocycles. The van der Waals surface area contributed by atoms with Crippen molar-refractivity contribution in [2.75, 3.05) is 13.6 Å². The molecule has 3 rings (SSSR count). The Bertz CT molecular complexity index is 698. The van der Waals surface area contributed by atoms with E-state index < -0.39 is 0 Å². The van der Waals surface area contributed by atoms with E-state index in [1.54, 1.807) is 25.4 Å². The SMILES string of the molecule is CN=C(NCc1ccnc(Oc2ccc(F)cc2)c1)NCC1CC1. The molecule has 1 aliphatic carbocycles. The average molecular weight is 328 g/mol. The van der Waals surface area contributed by atoms with Gasteiger partial charge in [0.05, 0.1) is 0 Å². The summed E-state index contributed by atoms with van der Waals surface area (Å²) >= 11 is 0. The van der Waals surface area contributed by atoms with Crippen molar-refractivity contribution >= 4 is 5.96 Å². The molecular formula is C18H21FN4O. The molecule has 0 spiro atoms. The van der Waals surface area contributed by atoms with Crippen LogP contribution in [0.1, 0.15) is 18.4 Å². The smallest absolute Gasteiger partial charge is 0.219 e. The van der Waals surface area contributed by atoms with E-state index in [1.165, 1.54) is 25.0 Å². The lowest BCUT2D eigenvalue weighted by atomic mass is 10.2. The molecule has 1 aromatic carbocycles. The highest BCUT2D eigenvalue weighted by Crippen LogP contribution is 2.27. The van der Waals surface area contributed by atoms with E-state index >= 15 is 0 Å². The highest BCUT2D eigenvalue weighted by molar-refractivity contribution is 5.79. The average Bonchev–Trinajstić information content (AvgIpc) is 3.42. The maximum atomic E-state index is 12.9. The molecule has 0 radical (unpaired) electrons. The van der Waals surface area contributed by atoms with Crippen LogP contribution in [0.5, 0.6) is 11.6 Å². The first-order valence-electron chi connectivity index (χ1n) is 8.06. The van der Waals surface area contributed by atoms with Gasteiger partial charge in [0.1, 0.15) is 11.6 Å². The second kappa shape index (κ2) is 7.77. The monoisotopic (exact) mass is 328 g/mol. The van der Waals surface area contributed by atoms with Gasteiger partial charge in [-0.1, -0.05) is 0 Å². The van der Waals surface area contributed by atoms with Crippen molar-refractivity contribution in [3.63, 3.8) is 0 Å². The second-order valence-electron chi connectivity index (χ2n) is 5.81. The Kier molecular flexibility index (Phi) is 5.25. The fraction of sp³-hybridized carbons (Fsp3) is 0.333. The van der Waals surface area contributed by atoms with Crippen molar-refractivity contribution in [2.24, 2.45) is 10.9 Å². The predicted octanol–water partition coefficient (Wildman–Crippen LogP) is 3.09. The Balaban J connectivity index is 1.54. The van der Waals surface area contributed by atoms with Gasteiger partial charge in [-0.2, -0.15) is 0 Å². The van der Waals surface area contributed by atoms with Crippen LogP contribution >= 0.6 is 0 Å². The van der Waals surface area contributed by atoms with Crippen LogP contribution in [0, 0.1) is 11.7 Å². The van der Waals surface area contributed by atoms with E-state index in [9.17, 15) is 4.39 Å². The minimum Gasteiger partial charge on any atom is -0.439 e. The van der Waals surface area contributed by atoms with Crippen molar-refractivity contribution in [3.05, 3.63) is 54.0 Å². The third-order valence-corrected chi connectivity index (χ3v) is 3.77. The maximum absolute atomic E-state index is 12.9. The summed E-state index contributed by atoms with van der Waals surface area (Å²) in [7, 11) is 1.76. The van der Waals surface area contributed by atoms with E-state index in [2.05, 4.69) is 20.6 Å². The number of rotatable bonds is 6. The summed E-state index contributed by atoms with van der Waals surface area (Å²) in [5.74, 6) is 2.32. The lowest BCUT2D eigenvalue weighted by Gasteiger charge is -2.12. The van der Waals surface area contributed by atoms with Crippen LogP contribution in [-0.2, 0) is 6.54 Å². The van der Waals surface area contributed by atoms with E-state index in [4.69, 9.17) is 4.74 Å². The number of aromatic nitrogens is 1. The van der Waals surface area contributed by atoms with Crippen LogP contribution in [-0.4, -0.2) is 24.5 Å². The van der Waals surface area contributed by atoms with Gasteiger partial charge in [0, 0.05) is 32.4 Å². The molecule has 6 heteroatoms. The number of aliphatic imine (C=N–C) groups is 1. The number of hydrogen-bond donors (Lipinski definition) is 2. The molecule has 24 heavy (non-hydrogen) atoms. The van der Waals surface area contributed by atoms with Crippen molar-refractivity contribution in [3.8, 4) is 11.6 Å². The Labute approximate surface area is 141 Å². The van der Waals surface area contributed by atoms with E-state index in [0.717, 1.165) is 24.0 Å². The van der Waals surface area contributed by atoms with Crippen molar-refractivity contribution < 1.29 is 9.13 Å². The molecule has 0 atom stereocenters. The van der Waals surface area contributed by atoms with Gasteiger partial charge in [-0.05, 0) is 54.7 Å². The number of pyridine rings is 1. The van der Waals surface area contributed by atoms with Crippen LogP contribution in [0.15, 0.2) is 47.6 Å². The van der Waals surface area contributed by atoms with Crippen molar-refractivity contribution in [2.45, 2.75) is 19.4 Å². The summed E-state index contributed by atoms with van der Waals surface area (Å²) in [6, 6.07) is 9.63. The molecule has 0 amide bonds. The quantitative estimate of drug-likeness (QED) is 0.632. The molecule has 2 aromatic rings. The first kappa shape index (κ1) is 16.2. The Morgan fingerprint density at radius 2 is 2.04 bits per heavy atom. The topological polar surface area (TPSA) is 58.5 Å². The van der Waals surface area contributed by atoms with Gasteiger partial charge in [-0.25, -0.2) is 9.37 Å². The van der Waals surface area contributed by atoms with Gasteiger partial charge >= 0.3 is 0 Å². The molecule has 1 aromatic heterocycles. The molecule has 1 heterocycles. The predicted molar refractivity (Wildman–Crippen MR) is 91.6 cm³/mol. The molecule has 2 N–H and O–H groups in total. The number of benzene rings is 1. The van der Waals surface area contributed by atoms with Crippen LogP contribution in [0.25, 0.3) is 0 Å². The fourth-order valence-electron chi connectivity index (χ4n) is 2.21. The summed E-state index contributed by atoms with van der Waals surface area (Å²) in [4.78, 5) is 8.40. The molecule has 1 fully saturated rings. The molecule has 0 unspecified atom stereocenters. The van der Waals surface area contributed by atoms with Gasteiger partial charge in [-0.3, -0.25) is 4.99 Å². The van der Waals surface area contributed by atoms with Crippen LogP contribution in [0.3, 0.4) is 0 Å². The first-order valence-corrected chi connectivity index (χ1v) is 8.06. The van der Waals surface area contributed by atoms with Crippen LogP contribution in [0.4, 0.5) is 4.39 Å². The summed E-state index contributed by atoms with van der Waals surface area (Å²) < 4.78 is 18.6. The molecule has 1 aliphatic rings. The van der Waals surface area contributed by atoms with Gasteiger partial charge < -0.3 is 15.4 Å². The lowest BCUT2D eigenvalue weighted by Crippen LogP contribution is -2.37.